The van der Waals surface area contributed by atoms with Gasteiger partial charge in [-0.15, -0.1) is 4.99 Å². The minimum absolute atomic E-state index is 0.0110. The SMILES string of the molecule is CN(CCCCc1ccccc1)C(=O)N1CCN(C(=O)N2C(=O)[C@H](CC3CCCN(/C(=N/C(=O)OCc4ccccc4)NC(=O)OCc4ccccc4)C3)C2C(=O)OCc2ccccc2)CC1. The highest BCUT2D eigenvalue weighted by Crippen LogP contribution is 2.37. The molecular weight excluding hydrogens is 855 g/mol. The van der Waals surface area contributed by atoms with Crippen molar-refractivity contribution in [3.63, 3.8) is 0 Å². The average Bonchev–Trinajstić information content (AvgIpc) is 3.37. The fourth-order valence-corrected chi connectivity index (χ4v) is 8.65. The number of imide groups is 1. The van der Waals surface area contributed by atoms with E-state index < -0.39 is 42.1 Å². The summed E-state index contributed by atoms with van der Waals surface area (Å²) in [6, 6.07) is 35.8. The Morgan fingerprint density at radius 1 is 0.657 bits per heavy atom. The number of unbranched alkanes of at least 4 members (excludes halogenated alkanes) is 1. The molecule has 4 aromatic rings. The first-order chi connectivity index (χ1) is 32.6. The zero-order valence-electron chi connectivity index (χ0n) is 38.0. The number of benzene rings is 4. The van der Waals surface area contributed by atoms with Crippen LogP contribution in [0.1, 0.15) is 54.4 Å². The Balaban J connectivity index is 0.984. The summed E-state index contributed by atoms with van der Waals surface area (Å²) in [6.45, 7) is 2.17. The molecule has 352 valence electrons. The van der Waals surface area contributed by atoms with E-state index in [-0.39, 0.29) is 76.9 Å². The maximum atomic E-state index is 14.1. The summed E-state index contributed by atoms with van der Waals surface area (Å²) in [4.78, 5) is 93.6. The molecule has 3 aliphatic heterocycles. The quantitative estimate of drug-likeness (QED) is 0.0344. The Bertz CT molecular complexity index is 2310. The summed E-state index contributed by atoms with van der Waals surface area (Å²) >= 11 is 0. The second kappa shape index (κ2) is 23.8. The second-order valence-corrected chi connectivity index (χ2v) is 17.1. The smallest absolute Gasteiger partial charge is 0.437 e. The number of hydrogen-bond acceptors (Lipinski definition) is 9. The van der Waals surface area contributed by atoms with Crippen molar-refractivity contribution in [1.82, 2.24) is 29.8 Å². The van der Waals surface area contributed by atoms with Crippen molar-refractivity contribution in [1.29, 1.82) is 0 Å². The van der Waals surface area contributed by atoms with Crippen molar-refractivity contribution in [3.8, 4) is 0 Å². The van der Waals surface area contributed by atoms with Gasteiger partial charge < -0.3 is 33.8 Å². The van der Waals surface area contributed by atoms with Gasteiger partial charge in [0.05, 0.1) is 5.92 Å². The number of piperazine rings is 1. The number of carbonyl (C=O) groups is 6. The molecule has 0 spiro atoms. The Kier molecular flexibility index (Phi) is 17.0. The van der Waals surface area contributed by atoms with Gasteiger partial charge in [0, 0.05) is 52.9 Å². The molecule has 3 saturated heterocycles. The molecule has 7 rings (SSSR count). The standard InChI is InChI=1S/C51H59N7O9/c1-54(27-15-14-19-38-17-6-2-7-18-38)50(63)55-29-31-56(32-30-55)51(64)58-44(46(60)65-35-39-20-8-3-9-21-39)43(45(58)59)33-42-26-16-28-57(34-42)47(52-48(61)66-36-40-22-10-4-11-23-40)53-49(62)67-37-41-24-12-5-13-25-41/h2-13,17-18,20-25,42-44H,14-16,19,26-37H2,1H3,(H,52,53,61,62)/t42?,43-,44?/m1/s1. The summed E-state index contributed by atoms with van der Waals surface area (Å²) in [6.07, 6.45) is 2.52. The maximum Gasteiger partial charge on any atom is 0.437 e. The van der Waals surface area contributed by atoms with Crippen molar-refractivity contribution in [2.45, 2.75) is 64.4 Å². The highest BCUT2D eigenvalue weighted by atomic mass is 16.6. The third-order valence-corrected chi connectivity index (χ3v) is 12.3. The molecule has 0 radical (unpaired) electrons. The van der Waals surface area contributed by atoms with Crippen LogP contribution in [0.4, 0.5) is 19.2 Å². The molecule has 1 N–H and O–H groups in total. The van der Waals surface area contributed by atoms with Gasteiger partial charge in [-0.3, -0.25) is 10.1 Å². The van der Waals surface area contributed by atoms with Crippen LogP contribution in [0.25, 0.3) is 0 Å². The first-order valence-corrected chi connectivity index (χ1v) is 23.0. The summed E-state index contributed by atoms with van der Waals surface area (Å²) in [5.41, 5.74) is 3.55. The average molecular weight is 914 g/mol. The lowest BCUT2D eigenvalue weighted by Gasteiger charge is -2.48. The first kappa shape index (κ1) is 47.7. The van der Waals surface area contributed by atoms with Gasteiger partial charge in [0.15, 0.2) is 6.04 Å². The van der Waals surface area contributed by atoms with Crippen LogP contribution >= 0.6 is 0 Å². The molecule has 16 heteroatoms. The van der Waals surface area contributed by atoms with Gasteiger partial charge in [-0.25, -0.2) is 28.9 Å². The number of aryl methyl sites for hydroxylation is 1. The van der Waals surface area contributed by atoms with Gasteiger partial charge in [-0.05, 0) is 66.7 Å². The van der Waals surface area contributed by atoms with Crippen LogP contribution in [0.2, 0.25) is 0 Å². The van der Waals surface area contributed by atoms with Crippen LogP contribution in [0.3, 0.4) is 0 Å². The number of nitrogens with zero attached hydrogens (tertiary/aromatic N) is 6. The third kappa shape index (κ3) is 13.4. The fourth-order valence-electron chi connectivity index (χ4n) is 8.65. The molecule has 2 unspecified atom stereocenters. The minimum atomic E-state index is -1.17. The van der Waals surface area contributed by atoms with Crippen LogP contribution in [0.15, 0.2) is 126 Å². The van der Waals surface area contributed by atoms with E-state index in [2.05, 4.69) is 22.4 Å². The number of ether oxygens (including phenoxy) is 3. The van der Waals surface area contributed by atoms with Gasteiger partial charge in [0.25, 0.3) is 0 Å². The van der Waals surface area contributed by atoms with Crippen LogP contribution in [0.5, 0.6) is 0 Å². The number of likely N-dealkylation sites (tertiary alicyclic amines) is 2. The van der Waals surface area contributed by atoms with E-state index in [1.807, 2.05) is 109 Å². The molecule has 3 atom stereocenters. The number of piperidine rings is 1. The van der Waals surface area contributed by atoms with E-state index in [1.165, 1.54) is 10.5 Å². The lowest BCUT2D eigenvalue weighted by Crippen LogP contribution is -2.70. The van der Waals surface area contributed by atoms with Crippen molar-refractivity contribution < 1.29 is 43.0 Å². The lowest BCUT2D eigenvalue weighted by atomic mass is 9.78. The van der Waals surface area contributed by atoms with Gasteiger partial charge in [0.2, 0.25) is 11.9 Å². The molecule has 3 fully saturated rings. The topological polar surface area (TPSA) is 171 Å². The van der Waals surface area contributed by atoms with Crippen LogP contribution in [-0.2, 0) is 50.0 Å². The Labute approximate surface area is 391 Å². The maximum absolute atomic E-state index is 14.1. The molecule has 0 saturated carbocycles. The van der Waals surface area contributed by atoms with Crippen LogP contribution in [0, 0.1) is 11.8 Å². The zero-order chi connectivity index (χ0) is 47.0. The summed E-state index contributed by atoms with van der Waals surface area (Å²) < 4.78 is 16.6. The molecular formula is C51H59N7O9. The fraction of sp³-hybridized carbons (Fsp3) is 0.392. The van der Waals surface area contributed by atoms with Crippen LogP contribution < -0.4 is 5.32 Å². The molecule has 4 aromatic carbocycles. The van der Waals surface area contributed by atoms with Crippen molar-refractivity contribution in [3.05, 3.63) is 144 Å². The number of carbonyl (C=O) groups excluding carboxylic acids is 6. The second-order valence-electron chi connectivity index (χ2n) is 17.1. The molecule has 0 aromatic heterocycles. The van der Waals surface area contributed by atoms with E-state index in [0.29, 0.717) is 25.9 Å². The minimum Gasteiger partial charge on any atom is -0.459 e. The molecule has 0 bridgehead atoms. The Morgan fingerprint density at radius 2 is 1.19 bits per heavy atom. The van der Waals surface area contributed by atoms with Crippen molar-refractivity contribution >= 4 is 42.1 Å². The number of nitrogens with one attached hydrogen (secondary N) is 1. The summed E-state index contributed by atoms with van der Waals surface area (Å²) in [5, 5.41) is 2.63. The van der Waals surface area contributed by atoms with E-state index in [0.717, 1.165) is 40.9 Å². The molecule has 0 aliphatic carbocycles. The van der Waals surface area contributed by atoms with E-state index in [4.69, 9.17) is 14.2 Å². The molecule has 7 amide bonds. The molecule has 16 nitrogen and oxygen atoms in total. The number of amides is 7. The number of alkyl carbamates (subject to hydrolysis) is 1. The normalized spacial score (nSPS) is 18.4. The highest BCUT2D eigenvalue weighted by molar-refractivity contribution is 6.08. The first-order valence-electron chi connectivity index (χ1n) is 23.0. The predicted octanol–water partition coefficient (Wildman–Crippen LogP) is 7.09. The summed E-state index contributed by atoms with van der Waals surface area (Å²) in [5.74, 6) is -2.32. The monoisotopic (exact) mass is 913 g/mol. The predicted molar refractivity (Wildman–Crippen MR) is 249 cm³/mol. The zero-order valence-corrected chi connectivity index (χ0v) is 38.0. The van der Waals surface area contributed by atoms with E-state index >= 15 is 0 Å². The number of hydrogen-bond donors (Lipinski definition) is 1. The number of rotatable bonds is 14. The van der Waals surface area contributed by atoms with Gasteiger partial charge in [-0.2, -0.15) is 0 Å². The number of esters is 1. The lowest BCUT2D eigenvalue weighted by molar-refractivity contribution is -0.172. The number of guanidine groups is 1. The number of aliphatic imine (C=N–C) groups is 1. The molecule has 67 heavy (non-hydrogen) atoms. The third-order valence-electron chi connectivity index (χ3n) is 12.3. The number of urea groups is 2. The summed E-state index contributed by atoms with van der Waals surface area (Å²) in [7, 11) is 1.78. The van der Waals surface area contributed by atoms with Gasteiger partial charge >= 0.3 is 30.2 Å². The van der Waals surface area contributed by atoms with Crippen molar-refractivity contribution in [2.24, 2.45) is 16.8 Å². The van der Waals surface area contributed by atoms with Crippen LogP contribution in [-0.4, -0.2) is 125 Å². The molecule has 3 heterocycles. The Hall–Kier alpha value is -7.23. The van der Waals surface area contributed by atoms with E-state index in [9.17, 15) is 28.8 Å². The highest BCUT2D eigenvalue weighted by Gasteiger charge is 2.57. The molecule has 3 aliphatic rings. The van der Waals surface area contributed by atoms with E-state index in [1.54, 1.807) is 21.7 Å². The van der Waals surface area contributed by atoms with Gasteiger partial charge in [0.1, 0.15) is 19.8 Å². The largest absolute Gasteiger partial charge is 0.459 e. The Morgan fingerprint density at radius 3 is 1.79 bits per heavy atom. The number of β-lactam (4-membered cyclic amide) rings is 1. The van der Waals surface area contributed by atoms with Gasteiger partial charge in [-0.1, -0.05) is 121 Å². The van der Waals surface area contributed by atoms with Crippen molar-refractivity contribution in [2.75, 3.05) is 52.9 Å².